The van der Waals surface area contributed by atoms with E-state index in [-0.39, 0.29) is 0 Å². The highest BCUT2D eigenvalue weighted by Crippen LogP contribution is 2.33. The molecule has 3 N–H and O–H groups in total. The van der Waals surface area contributed by atoms with Gasteiger partial charge in [-0.3, -0.25) is 4.40 Å². The van der Waals surface area contributed by atoms with Gasteiger partial charge in [0.15, 0.2) is 0 Å². The molecule has 1 fully saturated rings. The normalized spacial score (nSPS) is 15.1. The molecule has 1 aromatic carbocycles. The Balaban J connectivity index is 1.87. The number of benzene rings is 1. The summed E-state index contributed by atoms with van der Waals surface area (Å²) in [6, 6.07) is 7.84. The van der Waals surface area contributed by atoms with E-state index in [0.717, 1.165) is 59.2 Å². The van der Waals surface area contributed by atoms with Crippen molar-refractivity contribution in [2.45, 2.75) is 11.4 Å². The molecule has 0 amide bonds. The van der Waals surface area contributed by atoms with Crippen LogP contribution in [-0.4, -0.2) is 35.6 Å². The van der Waals surface area contributed by atoms with Gasteiger partial charge < -0.3 is 16.0 Å². The second-order valence-corrected chi connectivity index (χ2v) is 7.09. The zero-order valence-electron chi connectivity index (χ0n) is 13.7. The topological polar surface area (TPSA) is 58.6 Å². The number of piperazine rings is 1. The monoisotopic (exact) mass is 373 g/mol. The van der Waals surface area contributed by atoms with Crippen molar-refractivity contribution in [2.75, 3.05) is 31.1 Å². The SMILES string of the molecule is NCc1cc2ncc(N3CCNCC3)n2cc1-c1ccc(S)cc1Cl. The highest BCUT2D eigenvalue weighted by molar-refractivity contribution is 7.80. The van der Waals surface area contributed by atoms with Crippen molar-refractivity contribution in [3.8, 4) is 11.1 Å². The quantitative estimate of drug-likeness (QED) is 0.618. The van der Waals surface area contributed by atoms with Crippen LogP contribution in [0.4, 0.5) is 5.82 Å². The number of anilines is 1. The van der Waals surface area contributed by atoms with E-state index in [9.17, 15) is 0 Å². The summed E-state index contributed by atoms with van der Waals surface area (Å²) < 4.78 is 2.13. The molecule has 1 aliphatic heterocycles. The van der Waals surface area contributed by atoms with E-state index in [2.05, 4.69) is 38.4 Å². The summed E-state index contributed by atoms with van der Waals surface area (Å²) in [5, 5.41) is 4.05. The van der Waals surface area contributed by atoms with Crippen molar-refractivity contribution in [1.82, 2.24) is 14.7 Å². The van der Waals surface area contributed by atoms with Crippen molar-refractivity contribution < 1.29 is 0 Å². The molecule has 1 aliphatic rings. The zero-order chi connectivity index (χ0) is 17.4. The number of halogens is 1. The molecule has 3 aromatic rings. The molecule has 7 heteroatoms. The first-order chi connectivity index (χ1) is 12.2. The summed E-state index contributed by atoms with van der Waals surface area (Å²) in [4.78, 5) is 7.76. The Bertz CT molecular complexity index is 917. The molecule has 4 rings (SSSR count). The third-order valence-corrected chi connectivity index (χ3v) is 5.21. The molecule has 0 saturated carbocycles. The number of hydrogen-bond acceptors (Lipinski definition) is 5. The Morgan fingerprint density at radius 3 is 2.72 bits per heavy atom. The van der Waals surface area contributed by atoms with E-state index in [1.54, 1.807) is 0 Å². The predicted molar refractivity (Wildman–Crippen MR) is 106 cm³/mol. The summed E-state index contributed by atoms with van der Waals surface area (Å²) in [6.07, 6.45) is 4.03. The number of nitrogens with zero attached hydrogens (tertiary/aromatic N) is 3. The number of aromatic nitrogens is 2. The van der Waals surface area contributed by atoms with Gasteiger partial charge in [-0.2, -0.15) is 0 Å². The maximum atomic E-state index is 6.47. The first-order valence-corrected chi connectivity index (χ1v) is 9.14. The van der Waals surface area contributed by atoms with Gasteiger partial charge >= 0.3 is 0 Å². The Morgan fingerprint density at radius 2 is 2.00 bits per heavy atom. The molecule has 0 aliphatic carbocycles. The van der Waals surface area contributed by atoms with E-state index in [1.807, 2.05) is 30.5 Å². The molecule has 2 aromatic heterocycles. The van der Waals surface area contributed by atoms with Gasteiger partial charge in [-0.05, 0) is 23.8 Å². The highest BCUT2D eigenvalue weighted by Gasteiger charge is 2.17. The van der Waals surface area contributed by atoms with Crippen molar-refractivity contribution in [3.05, 3.63) is 47.2 Å². The largest absolute Gasteiger partial charge is 0.354 e. The van der Waals surface area contributed by atoms with Crippen LogP contribution in [0.15, 0.2) is 41.6 Å². The lowest BCUT2D eigenvalue weighted by atomic mass is 10.0. The molecule has 130 valence electrons. The Morgan fingerprint density at radius 1 is 1.20 bits per heavy atom. The third kappa shape index (κ3) is 3.11. The number of rotatable bonds is 3. The molecule has 25 heavy (non-hydrogen) atoms. The van der Waals surface area contributed by atoms with E-state index in [0.29, 0.717) is 11.6 Å². The van der Waals surface area contributed by atoms with Crippen molar-refractivity contribution in [2.24, 2.45) is 5.73 Å². The molecule has 0 radical (unpaired) electrons. The van der Waals surface area contributed by atoms with Crippen LogP contribution in [0.2, 0.25) is 5.02 Å². The minimum atomic E-state index is 0.431. The van der Waals surface area contributed by atoms with Crippen molar-refractivity contribution in [3.63, 3.8) is 0 Å². The van der Waals surface area contributed by atoms with Crippen LogP contribution >= 0.6 is 24.2 Å². The molecule has 5 nitrogen and oxygen atoms in total. The lowest BCUT2D eigenvalue weighted by Gasteiger charge is -2.28. The fourth-order valence-corrected chi connectivity index (χ4v) is 3.87. The number of fused-ring (bicyclic) bond motifs is 1. The molecular weight excluding hydrogens is 354 g/mol. The van der Waals surface area contributed by atoms with Gasteiger partial charge in [0.25, 0.3) is 0 Å². The third-order valence-electron chi connectivity index (χ3n) is 4.62. The lowest BCUT2D eigenvalue weighted by molar-refractivity contribution is 0.584. The van der Waals surface area contributed by atoms with Crippen molar-refractivity contribution in [1.29, 1.82) is 0 Å². The summed E-state index contributed by atoms with van der Waals surface area (Å²) in [6.45, 7) is 4.33. The van der Waals surface area contributed by atoms with Gasteiger partial charge in [0, 0.05) is 60.0 Å². The van der Waals surface area contributed by atoms with Gasteiger partial charge in [0.2, 0.25) is 0 Å². The Labute approximate surface area is 157 Å². The Hall–Kier alpha value is -1.73. The predicted octanol–water partition coefficient (Wildman–Crippen LogP) is 2.81. The van der Waals surface area contributed by atoms with Crippen LogP contribution in [-0.2, 0) is 6.54 Å². The fourth-order valence-electron chi connectivity index (χ4n) is 3.31. The molecule has 3 heterocycles. The van der Waals surface area contributed by atoms with Crippen LogP contribution in [0, 0.1) is 0 Å². The minimum Gasteiger partial charge on any atom is -0.354 e. The van der Waals surface area contributed by atoms with Crippen molar-refractivity contribution >= 4 is 35.7 Å². The van der Waals surface area contributed by atoms with Gasteiger partial charge in [0.1, 0.15) is 11.5 Å². The van der Waals surface area contributed by atoms with E-state index in [4.69, 9.17) is 17.3 Å². The number of nitrogens with two attached hydrogens (primary N) is 1. The lowest BCUT2D eigenvalue weighted by Crippen LogP contribution is -2.44. The van der Waals surface area contributed by atoms with E-state index < -0.39 is 0 Å². The second kappa shape index (κ2) is 6.88. The number of thiol groups is 1. The van der Waals surface area contributed by atoms with Gasteiger partial charge in [-0.15, -0.1) is 12.6 Å². The first-order valence-electron chi connectivity index (χ1n) is 8.32. The molecule has 0 unspecified atom stereocenters. The molecule has 0 bridgehead atoms. The number of hydrogen-bond donors (Lipinski definition) is 3. The summed E-state index contributed by atoms with van der Waals surface area (Å²) in [5.41, 5.74) is 9.91. The van der Waals surface area contributed by atoms with Gasteiger partial charge in [0.05, 0.1) is 6.20 Å². The summed E-state index contributed by atoms with van der Waals surface area (Å²) in [5.74, 6) is 1.10. The highest BCUT2D eigenvalue weighted by atomic mass is 35.5. The standard InChI is InChI=1S/C18H20ClN5S/c19-16-8-13(25)1-2-14(16)15-11-24-17(7-12(15)9-20)22-10-18(24)23-5-3-21-4-6-23/h1-2,7-8,10-11,21,25H,3-6,9,20H2. The number of pyridine rings is 1. The molecular formula is C18H20ClN5S. The molecule has 0 spiro atoms. The maximum absolute atomic E-state index is 6.47. The van der Waals surface area contributed by atoms with Crippen LogP contribution in [0.1, 0.15) is 5.56 Å². The second-order valence-electron chi connectivity index (χ2n) is 6.16. The smallest absolute Gasteiger partial charge is 0.138 e. The Kier molecular flexibility index (Phi) is 4.60. The van der Waals surface area contributed by atoms with Crippen LogP contribution in [0.5, 0.6) is 0 Å². The van der Waals surface area contributed by atoms with Gasteiger partial charge in [-0.25, -0.2) is 4.98 Å². The van der Waals surface area contributed by atoms with Crippen LogP contribution in [0.3, 0.4) is 0 Å². The van der Waals surface area contributed by atoms with Crippen LogP contribution < -0.4 is 16.0 Å². The summed E-state index contributed by atoms with van der Waals surface area (Å²) >= 11 is 10.8. The molecule has 0 atom stereocenters. The minimum absolute atomic E-state index is 0.431. The average Bonchev–Trinajstić information content (AvgIpc) is 3.04. The maximum Gasteiger partial charge on any atom is 0.138 e. The zero-order valence-corrected chi connectivity index (χ0v) is 15.4. The van der Waals surface area contributed by atoms with E-state index >= 15 is 0 Å². The fraction of sp³-hybridized carbons (Fsp3) is 0.278. The number of nitrogens with one attached hydrogen (secondary N) is 1. The van der Waals surface area contributed by atoms with Crippen LogP contribution in [0.25, 0.3) is 16.8 Å². The van der Waals surface area contributed by atoms with Gasteiger partial charge in [-0.1, -0.05) is 17.7 Å². The van der Waals surface area contributed by atoms with E-state index in [1.165, 1.54) is 0 Å². The summed E-state index contributed by atoms with van der Waals surface area (Å²) in [7, 11) is 0. The number of imidazole rings is 1. The average molecular weight is 374 g/mol. The molecule has 1 saturated heterocycles. The first kappa shape index (κ1) is 16.7.